The van der Waals surface area contributed by atoms with Crippen LogP contribution in [0.1, 0.15) is 73.6 Å². The number of amides is 2. The van der Waals surface area contributed by atoms with Crippen LogP contribution in [0.15, 0.2) is 0 Å². The molecule has 0 aromatic rings. The monoisotopic (exact) mass is 410 g/mol. The summed E-state index contributed by atoms with van der Waals surface area (Å²) in [4.78, 5) is 25.0. The first-order valence-corrected chi connectivity index (χ1v) is 11.2. The van der Waals surface area contributed by atoms with Crippen LogP contribution in [0.2, 0.25) is 0 Å². The predicted octanol–water partition coefficient (Wildman–Crippen LogP) is 2.88. The van der Waals surface area contributed by atoms with Crippen molar-refractivity contribution in [3.8, 4) is 0 Å². The Bertz CT molecular complexity index is 588. The third-order valence-electron chi connectivity index (χ3n) is 7.32. The van der Waals surface area contributed by atoms with E-state index < -0.39 is 6.10 Å². The molecule has 6 heteroatoms. The van der Waals surface area contributed by atoms with Crippen molar-refractivity contribution in [2.24, 2.45) is 29.1 Å². The summed E-state index contributed by atoms with van der Waals surface area (Å²) in [6, 6.07) is 0.0598. The van der Waals surface area contributed by atoms with Crippen LogP contribution >= 0.6 is 0 Å². The van der Waals surface area contributed by atoms with Crippen molar-refractivity contribution in [2.75, 3.05) is 13.7 Å². The van der Waals surface area contributed by atoms with E-state index >= 15 is 0 Å². The van der Waals surface area contributed by atoms with Crippen LogP contribution in [0.3, 0.4) is 0 Å². The van der Waals surface area contributed by atoms with E-state index in [0.717, 1.165) is 25.7 Å². The number of nitrogens with one attached hydrogen (secondary N) is 2. The number of hydrogen-bond donors (Lipinski definition) is 3. The number of aliphatic hydroxyl groups is 1. The molecule has 7 unspecified atom stereocenters. The molecule has 0 spiro atoms. The molecule has 7 atom stereocenters. The van der Waals surface area contributed by atoms with Gasteiger partial charge in [-0.1, -0.05) is 20.8 Å². The molecule has 29 heavy (non-hydrogen) atoms. The number of methoxy groups -OCH3 is 1. The fraction of sp³-hybridized carbons (Fsp3) is 0.913. The predicted molar refractivity (Wildman–Crippen MR) is 114 cm³/mol. The smallest absolute Gasteiger partial charge is 0.223 e. The van der Waals surface area contributed by atoms with E-state index in [9.17, 15) is 14.7 Å². The molecule has 0 heterocycles. The van der Waals surface area contributed by atoms with Gasteiger partial charge >= 0.3 is 0 Å². The van der Waals surface area contributed by atoms with Crippen LogP contribution in [0.25, 0.3) is 0 Å². The first kappa shape index (κ1) is 24.1. The van der Waals surface area contributed by atoms with Gasteiger partial charge in [-0.2, -0.15) is 0 Å². The molecule has 0 aromatic carbocycles. The van der Waals surface area contributed by atoms with E-state index in [4.69, 9.17) is 4.74 Å². The highest BCUT2D eigenvalue weighted by Gasteiger charge is 2.53. The summed E-state index contributed by atoms with van der Waals surface area (Å²) in [5.41, 5.74) is -0.224. The van der Waals surface area contributed by atoms with Gasteiger partial charge in [0.05, 0.1) is 12.7 Å². The van der Waals surface area contributed by atoms with Crippen LogP contribution in [0, 0.1) is 29.1 Å². The fourth-order valence-electron chi connectivity index (χ4n) is 5.65. The van der Waals surface area contributed by atoms with Crippen LogP contribution in [0.5, 0.6) is 0 Å². The number of hydrogen-bond acceptors (Lipinski definition) is 4. The molecule has 0 aromatic heterocycles. The molecule has 0 saturated heterocycles. The zero-order valence-corrected chi connectivity index (χ0v) is 19.4. The number of carbonyl (C=O) groups excluding carboxylic acids is 2. The normalized spacial score (nSPS) is 36.1. The number of carbonyl (C=O) groups is 2. The Balaban J connectivity index is 2.11. The highest BCUT2D eigenvalue weighted by atomic mass is 16.5. The summed E-state index contributed by atoms with van der Waals surface area (Å²) < 4.78 is 5.01. The molecule has 2 fully saturated rings. The minimum Gasteiger partial charge on any atom is -0.392 e. The van der Waals surface area contributed by atoms with E-state index in [0.29, 0.717) is 13.0 Å². The summed E-state index contributed by atoms with van der Waals surface area (Å²) in [5.74, 6) is -0.0351. The van der Waals surface area contributed by atoms with E-state index in [1.165, 1.54) is 0 Å². The summed E-state index contributed by atoms with van der Waals surface area (Å²) in [7, 11) is 1.59. The molecule has 2 rings (SSSR count). The van der Waals surface area contributed by atoms with Crippen molar-refractivity contribution in [3.05, 3.63) is 0 Å². The zero-order chi connectivity index (χ0) is 22.0. The Labute approximate surface area is 176 Å². The number of rotatable bonds is 6. The van der Waals surface area contributed by atoms with Gasteiger partial charge in [0.15, 0.2) is 0 Å². The second-order valence-corrected chi connectivity index (χ2v) is 10.7. The molecule has 6 nitrogen and oxygen atoms in total. The maximum atomic E-state index is 12.7. The standard InChI is InChI=1S/C23H42N2O4/c1-14(21(28)25-22(3,4)5)16-8-11-23(6)12-9-17(15(2)19(23)20(16)27)24-18(26)10-13-29-7/h14-17,19-20,27H,8-13H2,1-7H3,(H,24,26)(H,25,28). The SMILES string of the molecule is COCCC(=O)NC1CCC2(C)CCC(C(C)C(=O)NC(C)(C)C)C(O)C2C1C. The zero-order valence-electron chi connectivity index (χ0n) is 19.4. The van der Waals surface area contributed by atoms with Crippen molar-refractivity contribution in [1.82, 2.24) is 10.6 Å². The molecule has 168 valence electrons. The van der Waals surface area contributed by atoms with Gasteiger partial charge in [-0.3, -0.25) is 9.59 Å². The Morgan fingerprint density at radius 3 is 2.45 bits per heavy atom. The van der Waals surface area contributed by atoms with E-state index in [1.807, 2.05) is 27.7 Å². The quantitative estimate of drug-likeness (QED) is 0.628. The molecule has 2 saturated carbocycles. The molecule has 3 N–H and O–H groups in total. The number of ether oxygens (including phenoxy) is 1. The van der Waals surface area contributed by atoms with Crippen molar-refractivity contribution < 1.29 is 19.4 Å². The van der Waals surface area contributed by atoms with Crippen LogP contribution < -0.4 is 10.6 Å². The summed E-state index contributed by atoms with van der Waals surface area (Å²) in [6.07, 6.45) is 3.62. The minimum atomic E-state index is -0.539. The lowest BCUT2D eigenvalue weighted by atomic mass is 9.51. The van der Waals surface area contributed by atoms with Crippen LogP contribution in [-0.2, 0) is 14.3 Å². The maximum Gasteiger partial charge on any atom is 0.223 e. The van der Waals surface area contributed by atoms with Crippen molar-refractivity contribution in [1.29, 1.82) is 0 Å². The third kappa shape index (κ3) is 5.72. The Kier molecular flexibility index (Phi) is 7.77. The molecule has 2 aliphatic carbocycles. The second kappa shape index (κ2) is 9.34. The lowest BCUT2D eigenvalue weighted by Crippen LogP contribution is -2.59. The van der Waals surface area contributed by atoms with Crippen molar-refractivity contribution in [2.45, 2.75) is 91.3 Å². The largest absolute Gasteiger partial charge is 0.392 e. The molecule has 0 bridgehead atoms. The number of fused-ring (bicyclic) bond motifs is 1. The van der Waals surface area contributed by atoms with Gasteiger partial charge in [0.2, 0.25) is 11.8 Å². The van der Waals surface area contributed by atoms with Crippen LogP contribution in [-0.4, -0.2) is 48.3 Å². The topological polar surface area (TPSA) is 87.7 Å². The van der Waals surface area contributed by atoms with Crippen LogP contribution in [0.4, 0.5) is 0 Å². The average molecular weight is 411 g/mol. The lowest BCUT2D eigenvalue weighted by molar-refractivity contribution is -0.144. The minimum absolute atomic E-state index is 0.00655. The molecule has 0 radical (unpaired) electrons. The lowest BCUT2D eigenvalue weighted by Gasteiger charge is -2.56. The average Bonchev–Trinajstić information content (AvgIpc) is 2.60. The van der Waals surface area contributed by atoms with Crippen molar-refractivity contribution >= 4 is 11.8 Å². The fourth-order valence-corrected chi connectivity index (χ4v) is 5.65. The van der Waals surface area contributed by atoms with E-state index in [-0.39, 0.29) is 52.5 Å². The van der Waals surface area contributed by atoms with Gasteiger partial charge in [0, 0.05) is 31.0 Å². The van der Waals surface area contributed by atoms with E-state index in [1.54, 1.807) is 7.11 Å². The molecule has 2 aliphatic rings. The van der Waals surface area contributed by atoms with Gasteiger partial charge in [-0.25, -0.2) is 0 Å². The third-order valence-corrected chi connectivity index (χ3v) is 7.32. The summed E-state index contributed by atoms with van der Waals surface area (Å²) in [6.45, 7) is 12.7. The second-order valence-electron chi connectivity index (χ2n) is 10.7. The summed E-state index contributed by atoms with van der Waals surface area (Å²) in [5, 5.41) is 17.6. The van der Waals surface area contributed by atoms with Gasteiger partial charge < -0.3 is 20.5 Å². The first-order chi connectivity index (χ1) is 13.4. The molecule has 2 amide bonds. The van der Waals surface area contributed by atoms with Gasteiger partial charge in [0.25, 0.3) is 0 Å². The molecule has 0 aliphatic heterocycles. The van der Waals surface area contributed by atoms with Gasteiger partial charge in [0.1, 0.15) is 0 Å². The molecular weight excluding hydrogens is 368 g/mol. The molecular formula is C23H42N2O4. The number of aliphatic hydroxyl groups excluding tert-OH is 1. The Morgan fingerprint density at radius 2 is 1.86 bits per heavy atom. The highest BCUT2D eigenvalue weighted by molar-refractivity contribution is 5.79. The van der Waals surface area contributed by atoms with Crippen molar-refractivity contribution in [3.63, 3.8) is 0 Å². The highest BCUT2D eigenvalue weighted by Crippen LogP contribution is 2.55. The summed E-state index contributed by atoms with van der Waals surface area (Å²) >= 11 is 0. The Morgan fingerprint density at radius 1 is 1.24 bits per heavy atom. The van der Waals surface area contributed by atoms with Gasteiger partial charge in [-0.05, 0) is 69.6 Å². The Hall–Kier alpha value is -1.14. The maximum absolute atomic E-state index is 12.7. The van der Waals surface area contributed by atoms with Gasteiger partial charge in [-0.15, -0.1) is 0 Å². The first-order valence-electron chi connectivity index (χ1n) is 11.2. The van der Waals surface area contributed by atoms with E-state index in [2.05, 4.69) is 24.5 Å².